The van der Waals surface area contributed by atoms with Crippen molar-refractivity contribution in [1.29, 1.82) is 0 Å². The van der Waals surface area contributed by atoms with Crippen LogP contribution in [-0.2, 0) is 0 Å². The lowest BCUT2D eigenvalue weighted by molar-refractivity contribution is 0.112. The molecule has 0 spiro atoms. The number of nitrogens with two attached hydrogens (primary N) is 1. The van der Waals surface area contributed by atoms with E-state index in [-0.39, 0.29) is 11.4 Å². The molecule has 5 heteroatoms. The number of aryl methyl sites for hydroxylation is 1. The van der Waals surface area contributed by atoms with E-state index in [2.05, 4.69) is 5.16 Å². The summed E-state index contributed by atoms with van der Waals surface area (Å²) in [7, 11) is 0. The monoisotopic (exact) mass is 220 g/mol. The summed E-state index contributed by atoms with van der Waals surface area (Å²) in [5.41, 5.74) is 7.21. The molecule has 0 saturated carbocycles. The van der Waals surface area contributed by atoms with E-state index >= 15 is 0 Å². The Hall–Kier alpha value is -2.17. The topological polar surface area (TPSA) is 69.1 Å². The van der Waals surface area contributed by atoms with Crippen LogP contribution >= 0.6 is 0 Å². The van der Waals surface area contributed by atoms with Crippen LogP contribution in [0.2, 0.25) is 0 Å². The Bertz CT molecular complexity index is 549. The Kier molecular flexibility index (Phi) is 2.44. The van der Waals surface area contributed by atoms with Crippen LogP contribution in [0, 0.1) is 12.7 Å². The van der Waals surface area contributed by atoms with Crippen molar-refractivity contribution >= 4 is 12.2 Å². The lowest BCUT2D eigenvalue weighted by atomic mass is 10.00. The van der Waals surface area contributed by atoms with Gasteiger partial charge in [0.1, 0.15) is 5.82 Å². The number of aromatic nitrogens is 1. The van der Waals surface area contributed by atoms with Crippen molar-refractivity contribution in [2.75, 3.05) is 5.73 Å². The Morgan fingerprint density at radius 3 is 2.75 bits per heavy atom. The molecule has 0 aliphatic rings. The van der Waals surface area contributed by atoms with E-state index in [1.807, 2.05) is 0 Å². The second-order valence-electron chi connectivity index (χ2n) is 3.41. The van der Waals surface area contributed by atoms with Gasteiger partial charge in [0.25, 0.3) is 0 Å². The van der Waals surface area contributed by atoms with Gasteiger partial charge >= 0.3 is 0 Å². The molecule has 0 bridgehead atoms. The highest BCUT2D eigenvalue weighted by Gasteiger charge is 2.13. The van der Waals surface area contributed by atoms with Crippen molar-refractivity contribution in [3.63, 3.8) is 0 Å². The number of carbonyl (C=O) groups excluding carboxylic acids is 1. The number of aldehydes is 1. The molecular formula is C11H9FN2O2. The highest BCUT2D eigenvalue weighted by atomic mass is 19.1. The zero-order chi connectivity index (χ0) is 11.7. The summed E-state index contributed by atoms with van der Waals surface area (Å²) in [6, 6.07) is 2.71. The SMILES string of the molecule is Cc1cc(-c2cnoc2N)c(C=O)cc1F. The number of anilines is 1. The fourth-order valence-corrected chi connectivity index (χ4v) is 1.48. The molecule has 1 heterocycles. The Morgan fingerprint density at radius 1 is 1.44 bits per heavy atom. The standard InChI is InChI=1S/C11H9FN2O2/c1-6-2-8(7(5-15)3-10(6)12)9-4-14-16-11(9)13/h2-5H,13H2,1H3. The minimum atomic E-state index is -0.430. The van der Waals surface area contributed by atoms with Crippen LogP contribution in [0.15, 0.2) is 22.9 Å². The first kappa shape index (κ1) is 10.4. The van der Waals surface area contributed by atoms with E-state index in [4.69, 9.17) is 10.3 Å². The molecule has 0 saturated heterocycles. The highest BCUT2D eigenvalue weighted by Crippen LogP contribution is 2.29. The number of benzene rings is 1. The molecule has 4 nitrogen and oxygen atoms in total. The fraction of sp³-hybridized carbons (Fsp3) is 0.0909. The van der Waals surface area contributed by atoms with Gasteiger partial charge in [-0.25, -0.2) is 4.39 Å². The largest absolute Gasteiger partial charge is 0.367 e. The molecule has 1 aromatic carbocycles. The molecule has 82 valence electrons. The highest BCUT2D eigenvalue weighted by molar-refractivity contribution is 5.90. The van der Waals surface area contributed by atoms with E-state index in [0.717, 1.165) is 0 Å². The summed E-state index contributed by atoms with van der Waals surface area (Å²) in [5, 5.41) is 3.52. The summed E-state index contributed by atoms with van der Waals surface area (Å²) < 4.78 is 18.0. The third-order valence-corrected chi connectivity index (χ3v) is 2.35. The van der Waals surface area contributed by atoms with Gasteiger partial charge in [-0.15, -0.1) is 0 Å². The first-order valence-electron chi connectivity index (χ1n) is 4.59. The summed E-state index contributed by atoms with van der Waals surface area (Å²) >= 11 is 0. The molecule has 2 N–H and O–H groups in total. The summed E-state index contributed by atoms with van der Waals surface area (Å²) in [5.74, 6) is -0.324. The van der Waals surface area contributed by atoms with E-state index in [1.165, 1.54) is 12.3 Å². The van der Waals surface area contributed by atoms with Crippen molar-refractivity contribution in [3.8, 4) is 11.1 Å². The molecule has 0 amide bonds. The molecule has 16 heavy (non-hydrogen) atoms. The molecule has 0 aliphatic carbocycles. The van der Waals surface area contributed by atoms with Gasteiger partial charge < -0.3 is 10.3 Å². The van der Waals surface area contributed by atoms with E-state index in [0.29, 0.717) is 23.0 Å². The summed E-state index contributed by atoms with van der Waals surface area (Å²) in [6.45, 7) is 1.61. The molecule has 1 aromatic heterocycles. The molecule has 2 rings (SSSR count). The van der Waals surface area contributed by atoms with E-state index in [9.17, 15) is 9.18 Å². The van der Waals surface area contributed by atoms with Gasteiger partial charge in [-0.3, -0.25) is 4.79 Å². The summed E-state index contributed by atoms with van der Waals surface area (Å²) in [6.07, 6.45) is 1.97. The van der Waals surface area contributed by atoms with Gasteiger partial charge in [0.15, 0.2) is 6.29 Å². The van der Waals surface area contributed by atoms with Gasteiger partial charge in [-0.1, -0.05) is 5.16 Å². The van der Waals surface area contributed by atoms with Crippen LogP contribution in [0.5, 0.6) is 0 Å². The molecule has 0 atom stereocenters. The van der Waals surface area contributed by atoms with Crippen LogP contribution in [0.4, 0.5) is 10.3 Å². The van der Waals surface area contributed by atoms with Crippen LogP contribution in [0.25, 0.3) is 11.1 Å². The maximum absolute atomic E-state index is 13.3. The molecule has 0 fully saturated rings. The third kappa shape index (κ3) is 1.56. The van der Waals surface area contributed by atoms with Crippen LogP contribution < -0.4 is 5.73 Å². The minimum Gasteiger partial charge on any atom is -0.367 e. The van der Waals surface area contributed by atoms with Crippen molar-refractivity contribution in [2.24, 2.45) is 0 Å². The predicted molar refractivity (Wildman–Crippen MR) is 56.4 cm³/mol. The zero-order valence-corrected chi connectivity index (χ0v) is 8.53. The second kappa shape index (κ2) is 3.77. The molecule has 2 aromatic rings. The number of carbonyl (C=O) groups is 1. The smallest absolute Gasteiger partial charge is 0.229 e. The maximum Gasteiger partial charge on any atom is 0.229 e. The number of halogens is 1. The lowest BCUT2D eigenvalue weighted by Gasteiger charge is -2.05. The van der Waals surface area contributed by atoms with Gasteiger partial charge in [-0.2, -0.15) is 0 Å². The quantitative estimate of drug-likeness (QED) is 0.787. The van der Waals surface area contributed by atoms with Crippen LogP contribution in [0.1, 0.15) is 15.9 Å². The van der Waals surface area contributed by atoms with E-state index < -0.39 is 5.82 Å². The molecule has 0 radical (unpaired) electrons. The van der Waals surface area contributed by atoms with Gasteiger partial charge in [-0.05, 0) is 30.2 Å². The van der Waals surface area contributed by atoms with Crippen molar-refractivity contribution < 1.29 is 13.7 Å². The average molecular weight is 220 g/mol. The maximum atomic E-state index is 13.3. The van der Waals surface area contributed by atoms with Crippen molar-refractivity contribution in [3.05, 3.63) is 35.3 Å². The Balaban J connectivity index is 2.69. The van der Waals surface area contributed by atoms with Gasteiger partial charge in [0.05, 0.1) is 11.8 Å². The Morgan fingerprint density at radius 2 is 2.19 bits per heavy atom. The lowest BCUT2D eigenvalue weighted by Crippen LogP contribution is -1.94. The van der Waals surface area contributed by atoms with E-state index in [1.54, 1.807) is 13.0 Å². The number of hydrogen-bond donors (Lipinski definition) is 1. The second-order valence-corrected chi connectivity index (χ2v) is 3.41. The molecule has 0 unspecified atom stereocenters. The van der Waals surface area contributed by atoms with Gasteiger partial charge in [0.2, 0.25) is 5.88 Å². The summed E-state index contributed by atoms with van der Waals surface area (Å²) in [4.78, 5) is 10.8. The average Bonchev–Trinajstić information content (AvgIpc) is 2.68. The molecular weight excluding hydrogens is 211 g/mol. The number of rotatable bonds is 2. The number of nitrogens with zero attached hydrogens (tertiary/aromatic N) is 1. The Labute approximate surface area is 90.9 Å². The number of nitrogen functional groups attached to an aromatic ring is 1. The normalized spacial score (nSPS) is 10.4. The van der Waals surface area contributed by atoms with Crippen molar-refractivity contribution in [2.45, 2.75) is 6.92 Å². The third-order valence-electron chi connectivity index (χ3n) is 2.35. The number of hydrogen-bond acceptors (Lipinski definition) is 4. The minimum absolute atomic E-state index is 0.106. The first-order chi connectivity index (χ1) is 7.63. The van der Waals surface area contributed by atoms with Crippen LogP contribution in [0.3, 0.4) is 0 Å². The van der Waals surface area contributed by atoms with Gasteiger partial charge in [0, 0.05) is 5.56 Å². The van der Waals surface area contributed by atoms with Crippen molar-refractivity contribution in [1.82, 2.24) is 5.16 Å². The van der Waals surface area contributed by atoms with Crippen LogP contribution in [-0.4, -0.2) is 11.4 Å². The molecule has 0 aliphatic heterocycles. The first-order valence-corrected chi connectivity index (χ1v) is 4.59. The predicted octanol–water partition coefficient (Wildman–Crippen LogP) is 2.18. The fourth-order valence-electron chi connectivity index (χ4n) is 1.48. The zero-order valence-electron chi connectivity index (χ0n) is 8.53.